The molecule has 21 aromatic rings. The number of aryl methyl sites for hydroxylation is 4. The summed E-state index contributed by atoms with van der Waals surface area (Å²) in [7, 11) is -6.97. The third-order valence-corrected chi connectivity index (χ3v) is 36.8. The summed E-state index contributed by atoms with van der Waals surface area (Å²) in [6.07, 6.45) is 10.4. The molecule has 9 heterocycles. The van der Waals surface area contributed by atoms with Gasteiger partial charge in [-0.3, -0.25) is 0 Å². The Morgan fingerprint density at radius 2 is 0.713 bits per heavy atom. The van der Waals surface area contributed by atoms with Crippen LogP contribution in [-0.4, -0.2) is 71.3 Å². The van der Waals surface area contributed by atoms with Crippen molar-refractivity contribution >= 4 is 117 Å². The molecular formula is C121H106Ir3N8Si4-6. The number of rotatable bonds is 14. The summed E-state index contributed by atoms with van der Waals surface area (Å²) in [4.78, 5) is 27.0. The first-order valence-electron chi connectivity index (χ1n) is 49.3. The molecule has 1 aliphatic heterocycles. The molecule has 0 atom stereocenters. The van der Waals surface area contributed by atoms with Crippen LogP contribution in [0.3, 0.4) is 0 Å². The third kappa shape index (κ3) is 22.0. The van der Waals surface area contributed by atoms with Gasteiger partial charge in [-0.25, -0.2) is 0 Å². The predicted molar refractivity (Wildman–Crippen MR) is 570 cm³/mol. The average Bonchev–Trinajstić information content (AvgIpc) is 1.54. The van der Waals surface area contributed by atoms with Crippen LogP contribution >= 0.6 is 0 Å². The summed E-state index contributed by atoms with van der Waals surface area (Å²) >= 11 is 0. The van der Waals surface area contributed by atoms with Crippen LogP contribution in [0, 0.1) is 57.0 Å². The zero-order valence-electron chi connectivity index (χ0n) is 86.0. The quantitative estimate of drug-likeness (QED) is 0.0796. The Kier molecular flexibility index (Phi) is 28.7. The van der Waals surface area contributed by atoms with Crippen LogP contribution in [-0.2, 0) is 66.9 Å². The van der Waals surface area contributed by atoms with Gasteiger partial charge in [-0.2, -0.15) is 0 Å². The molecule has 15 heteroatoms. The first-order valence-corrected chi connectivity index (χ1v) is 56.8. The average molecular weight is 2370 g/mol. The first kappa shape index (κ1) is 87.2. The summed E-state index contributed by atoms with van der Waals surface area (Å²) in [5.41, 5.74) is 20.4. The van der Waals surface area contributed by atoms with Gasteiger partial charge in [0.1, 0.15) is 8.07 Å². The fraction of sp³-hybridized carbons (Fsp3) is 0.107. The van der Waals surface area contributed by atoms with Crippen LogP contribution in [0.15, 0.2) is 413 Å². The van der Waals surface area contributed by atoms with Crippen LogP contribution in [0.2, 0.25) is 52.4 Å². The van der Waals surface area contributed by atoms with Crippen LogP contribution in [0.1, 0.15) is 36.0 Å². The van der Waals surface area contributed by atoms with Gasteiger partial charge in [0.05, 0.1) is 16.1 Å². The van der Waals surface area contributed by atoms with Crippen molar-refractivity contribution < 1.29 is 72.7 Å². The molecule has 0 saturated heterocycles. The summed E-state index contributed by atoms with van der Waals surface area (Å²) in [5.74, 6) is 0. The van der Waals surface area contributed by atoms with Crippen LogP contribution in [0.5, 0.6) is 0 Å². The van der Waals surface area contributed by atoms with Crippen molar-refractivity contribution in [1.29, 1.82) is 0 Å². The molecule has 8 aromatic heterocycles. The largest absolute Gasteiger partial charge is 0.381 e. The molecule has 0 N–H and O–H groups in total. The fourth-order valence-corrected chi connectivity index (χ4v) is 26.8. The SMILES string of the molecule is CCn1c2ccccc2c2cc[c-]c(-c3ccc([Si](C)(C)c4ccccc4)cn3)c21.C[Si](C)(C)c1ccc(-c2[c-]cc3c(c2)[Si](c2ccccc2)(c2ccccc2)c2ccccc2-3)nc1.C[Si](C)(C)c1ccc(-c2[c-]cc3c4ccccc4n(-c4ccccc4)c3c2)nc1.[2H]C([2H])([2H])c1ccc(-c2[c-]cccc2)nc1.[2H]C([2H])([2H])c1ccc(-c2[c-]cccc2)nc1.[2H]C([2H])([2H])c1ccc(-c2[c-]cccc2)nc1.[Ir].[Ir].[Ir]. The Hall–Kier alpha value is -12.8. The Labute approximate surface area is 859 Å². The second-order valence-corrected chi connectivity index (χ2v) is 53.6. The maximum Gasteiger partial charge on any atom is 0.161 e. The molecule has 13 aromatic carbocycles. The molecule has 0 spiro atoms. The Balaban J connectivity index is 0.000000141. The summed E-state index contributed by atoms with van der Waals surface area (Å²) in [6.45, 7) is 15.8. The molecule has 8 nitrogen and oxygen atoms in total. The minimum Gasteiger partial charge on any atom is -0.381 e. The van der Waals surface area contributed by atoms with Crippen molar-refractivity contribution in [2.24, 2.45) is 0 Å². The van der Waals surface area contributed by atoms with E-state index < -0.39 is 52.9 Å². The Bertz CT molecular complexity index is 7610. The van der Waals surface area contributed by atoms with Crippen LogP contribution in [0.4, 0.5) is 0 Å². The van der Waals surface area contributed by atoms with E-state index in [1.54, 1.807) is 54.6 Å². The zero-order chi connectivity index (χ0) is 99.6. The molecule has 0 amide bonds. The van der Waals surface area contributed by atoms with E-state index in [2.05, 4.69) is 393 Å². The van der Waals surface area contributed by atoms with Gasteiger partial charge in [-0.1, -0.05) is 322 Å². The van der Waals surface area contributed by atoms with Gasteiger partial charge in [0.2, 0.25) is 0 Å². The Morgan fingerprint density at radius 3 is 1.18 bits per heavy atom. The van der Waals surface area contributed by atoms with Crippen molar-refractivity contribution in [3.63, 3.8) is 0 Å². The predicted octanol–water partition coefficient (Wildman–Crippen LogP) is 24.7. The van der Waals surface area contributed by atoms with Crippen LogP contribution < -0.4 is 41.5 Å². The number of hydrogen-bond acceptors (Lipinski definition) is 6. The summed E-state index contributed by atoms with van der Waals surface area (Å²) in [6, 6.07) is 148. The molecule has 0 saturated carbocycles. The third-order valence-electron chi connectivity index (χ3n) is 24.3. The molecule has 0 aliphatic carbocycles. The van der Waals surface area contributed by atoms with E-state index in [4.69, 9.17) is 27.3 Å². The first-order chi connectivity index (χ1) is 68.3. The van der Waals surface area contributed by atoms with Gasteiger partial charge in [0.25, 0.3) is 0 Å². The van der Waals surface area contributed by atoms with Gasteiger partial charge in [-0.05, 0) is 156 Å². The van der Waals surface area contributed by atoms with E-state index in [9.17, 15) is 0 Å². The number of pyridine rings is 6. The van der Waals surface area contributed by atoms with Gasteiger partial charge < -0.3 is 39.0 Å². The molecule has 0 bridgehead atoms. The number of benzene rings is 13. The minimum atomic E-state index is -2.47. The van der Waals surface area contributed by atoms with E-state index in [0.717, 1.165) is 79.8 Å². The maximum atomic E-state index is 7.23. The van der Waals surface area contributed by atoms with E-state index in [0.29, 0.717) is 0 Å². The smallest absolute Gasteiger partial charge is 0.161 e. The molecular weight excluding hydrogens is 2250 g/mol. The minimum absolute atomic E-state index is 0. The fourth-order valence-electron chi connectivity index (χ4n) is 17.3. The monoisotopic (exact) mass is 2370 g/mol. The second kappa shape index (κ2) is 44.8. The number of aromatic nitrogens is 8. The molecule has 679 valence electrons. The van der Waals surface area contributed by atoms with E-state index >= 15 is 0 Å². The Morgan fingerprint density at radius 1 is 0.301 bits per heavy atom. The van der Waals surface area contributed by atoms with Crippen LogP contribution in [0.25, 0.3) is 128 Å². The number of hydrogen-bond donors (Lipinski definition) is 0. The van der Waals surface area contributed by atoms with E-state index in [1.165, 1.54) is 115 Å². The number of fused-ring (bicyclic) bond motifs is 9. The second-order valence-electron chi connectivity index (χ2n) is 35.3. The molecule has 136 heavy (non-hydrogen) atoms. The van der Waals surface area contributed by atoms with Gasteiger partial charge in [0.15, 0.2) is 8.07 Å². The van der Waals surface area contributed by atoms with E-state index in [1.807, 2.05) is 66.9 Å². The van der Waals surface area contributed by atoms with Gasteiger partial charge in [-0.15, -0.1) is 184 Å². The number of para-hydroxylation sites is 3. The molecule has 0 unspecified atom stereocenters. The normalized spacial score (nSPS) is 12.8. The van der Waals surface area contributed by atoms with Crippen molar-refractivity contribution in [1.82, 2.24) is 39.0 Å². The van der Waals surface area contributed by atoms with Crippen molar-refractivity contribution in [3.8, 4) is 84.4 Å². The van der Waals surface area contributed by atoms with Crippen molar-refractivity contribution in [3.05, 3.63) is 466 Å². The molecule has 22 rings (SSSR count). The zero-order valence-corrected chi connectivity index (χ0v) is 88.2. The maximum absolute atomic E-state index is 7.23. The standard InChI is InChI=1S/C32H28NSi2.C27H25N2Si.C26H23N2Si.3C12H10N.3Ir/c1-34(2,3)27-19-21-30(33-23-27)24-18-20-29-28-16-10-11-17-31(28)35(32(29)22-24,25-12-6-4-7-13-25)26-14-8-5-9-15-26;1-4-29-26-16-9-8-13-22(26)23-14-10-15-24(27(23)29)25-18-17-21(19-28-25)30(2,3)20-11-6-5-7-12-20;1-29(2,3)21-14-16-24(27-18-21)19-13-15-23-22-11-7-8-12-25(22)28(26(23)17-19)20-9-5-4-6-10-20;3*1-10-7-8-12(13-9-10)11-5-3-2-4-6-11;;;/h4-17,19-23H,1-3H3;5-14,16-19H,4H2,1-3H3;4-12,14-18H,1-3H3;3*2-5,7-9H,1H3;;;/q6*-1;;;/i;;;3*1D3;;;. The summed E-state index contributed by atoms with van der Waals surface area (Å²) < 4.78 is 69.8. The van der Waals surface area contributed by atoms with Gasteiger partial charge in [0, 0.05) is 133 Å². The van der Waals surface area contributed by atoms with Crippen molar-refractivity contribution in [2.45, 2.75) is 86.4 Å². The van der Waals surface area contributed by atoms with Crippen molar-refractivity contribution in [2.75, 3.05) is 0 Å². The van der Waals surface area contributed by atoms with E-state index in [-0.39, 0.29) is 77.0 Å². The number of nitrogens with zero attached hydrogens (tertiary/aromatic N) is 8. The molecule has 3 radical (unpaired) electrons. The van der Waals surface area contributed by atoms with Gasteiger partial charge >= 0.3 is 0 Å². The summed E-state index contributed by atoms with van der Waals surface area (Å²) in [5, 5.41) is 16.3. The molecule has 1 aliphatic rings. The topological polar surface area (TPSA) is 87.2 Å². The molecule has 0 fully saturated rings.